The van der Waals surface area contributed by atoms with Crippen molar-refractivity contribution in [2.24, 2.45) is 5.92 Å². The lowest BCUT2D eigenvalue weighted by Crippen LogP contribution is -2.41. The molecule has 1 fully saturated rings. The summed E-state index contributed by atoms with van der Waals surface area (Å²) in [6.45, 7) is 1.29. The number of carboxylic acid groups (broad SMARTS) is 1. The predicted molar refractivity (Wildman–Crippen MR) is 90.4 cm³/mol. The highest BCUT2D eigenvalue weighted by molar-refractivity contribution is 5.86. The molecule has 0 aliphatic carbocycles. The van der Waals surface area contributed by atoms with Crippen LogP contribution in [0.1, 0.15) is 12.0 Å². The fourth-order valence-electron chi connectivity index (χ4n) is 2.63. The first-order chi connectivity index (χ1) is 12.0. The third-order valence-electron chi connectivity index (χ3n) is 4.09. The zero-order chi connectivity index (χ0) is 18.2. The zero-order valence-electron chi connectivity index (χ0n) is 14.2. The topological polar surface area (TPSA) is 108 Å². The highest BCUT2D eigenvalue weighted by atomic mass is 16.5. The minimum atomic E-state index is -0.958. The van der Waals surface area contributed by atoms with Crippen molar-refractivity contribution in [2.75, 3.05) is 33.3 Å². The van der Waals surface area contributed by atoms with Gasteiger partial charge in [0.25, 0.3) is 0 Å². The highest BCUT2D eigenvalue weighted by Crippen LogP contribution is 2.17. The van der Waals surface area contributed by atoms with Crippen LogP contribution in [-0.2, 0) is 16.0 Å². The number of rotatable bonds is 8. The molecule has 1 atom stereocenters. The van der Waals surface area contributed by atoms with Gasteiger partial charge in [0, 0.05) is 32.6 Å². The number of nitrogens with one attached hydrogen (secondary N) is 2. The van der Waals surface area contributed by atoms with Crippen molar-refractivity contribution in [1.29, 1.82) is 0 Å². The Hall–Kier alpha value is -2.77. The molecule has 8 heteroatoms. The molecule has 0 bridgehead atoms. The minimum absolute atomic E-state index is 0.0311. The van der Waals surface area contributed by atoms with E-state index < -0.39 is 11.9 Å². The molecule has 1 aromatic carbocycles. The third kappa shape index (κ3) is 5.66. The van der Waals surface area contributed by atoms with Gasteiger partial charge in [0.15, 0.2) is 0 Å². The van der Waals surface area contributed by atoms with Crippen molar-refractivity contribution in [1.82, 2.24) is 15.5 Å². The smallest absolute Gasteiger partial charge is 0.314 e. The molecule has 0 aromatic heterocycles. The molecule has 136 valence electrons. The summed E-state index contributed by atoms with van der Waals surface area (Å²) in [4.78, 5) is 35.7. The summed E-state index contributed by atoms with van der Waals surface area (Å²) in [5, 5.41) is 14.3. The maximum absolute atomic E-state index is 11.7. The van der Waals surface area contributed by atoms with Crippen LogP contribution in [0, 0.1) is 5.92 Å². The van der Waals surface area contributed by atoms with E-state index >= 15 is 0 Å². The maximum atomic E-state index is 11.7. The van der Waals surface area contributed by atoms with Crippen LogP contribution in [0.5, 0.6) is 5.75 Å². The molecule has 1 saturated heterocycles. The van der Waals surface area contributed by atoms with Gasteiger partial charge in [-0.2, -0.15) is 0 Å². The number of likely N-dealkylation sites (tertiary alicyclic amines) is 1. The first-order valence-corrected chi connectivity index (χ1v) is 8.15. The number of carboxylic acids is 1. The number of urea groups is 1. The second kappa shape index (κ2) is 8.91. The van der Waals surface area contributed by atoms with Gasteiger partial charge in [-0.25, -0.2) is 4.79 Å². The lowest BCUT2D eigenvalue weighted by Gasteiger charge is -2.16. The van der Waals surface area contributed by atoms with E-state index in [0.29, 0.717) is 19.5 Å². The van der Waals surface area contributed by atoms with Gasteiger partial charge in [0.05, 0.1) is 13.0 Å². The number of carbonyl (C=O) groups excluding carboxylic acids is 2. The van der Waals surface area contributed by atoms with Crippen LogP contribution in [0.2, 0.25) is 0 Å². The van der Waals surface area contributed by atoms with Crippen molar-refractivity contribution in [2.45, 2.75) is 12.8 Å². The van der Waals surface area contributed by atoms with Crippen LogP contribution in [0.3, 0.4) is 0 Å². The first kappa shape index (κ1) is 18.6. The van der Waals surface area contributed by atoms with Gasteiger partial charge >= 0.3 is 12.0 Å². The van der Waals surface area contributed by atoms with Gasteiger partial charge in [0.1, 0.15) is 5.75 Å². The zero-order valence-corrected chi connectivity index (χ0v) is 14.2. The van der Waals surface area contributed by atoms with E-state index in [1.54, 1.807) is 7.11 Å². The summed E-state index contributed by atoms with van der Waals surface area (Å²) >= 11 is 0. The summed E-state index contributed by atoms with van der Waals surface area (Å²) in [6, 6.07) is 7.31. The number of benzene rings is 1. The van der Waals surface area contributed by atoms with E-state index in [-0.39, 0.29) is 31.4 Å². The monoisotopic (exact) mass is 349 g/mol. The largest absolute Gasteiger partial charge is 0.497 e. The molecular formula is C17H23N3O5. The van der Waals surface area contributed by atoms with Crippen molar-refractivity contribution in [3.05, 3.63) is 29.8 Å². The fraction of sp³-hybridized carbons (Fsp3) is 0.471. The highest BCUT2D eigenvalue weighted by Gasteiger charge is 2.33. The second-order valence-electron chi connectivity index (χ2n) is 5.86. The Bertz CT molecular complexity index is 617. The van der Waals surface area contributed by atoms with Gasteiger partial charge in [-0.15, -0.1) is 0 Å². The van der Waals surface area contributed by atoms with E-state index in [1.165, 1.54) is 4.90 Å². The molecule has 2 rings (SSSR count). The van der Waals surface area contributed by atoms with Crippen LogP contribution in [0.25, 0.3) is 0 Å². The minimum Gasteiger partial charge on any atom is -0.497 e. The van der Waals surface area contributed by atoms with Crippen molar-refractivity contribution in [3.8, 4) is 5.75 Å². The van der Waals surface area contributed by atoms with Crippen LogP contribution < -0.4 is 15.4 Å². The van der Waals surface area contributed by atoms with E-state index in [0.717, 1.165) is 11.3 Å². The van der Waals surface area contributed by atoms with Crippen LogP contribution in [0.4, 0.5) is 4.79 Å². The number of ether oxygens (including phenoxy) is 1. The SMILES string of the molecule is COc1ccc(CCNC(=O)NCCN2CC(C(=O)O)CC2=O)cc1. The van der Waals surface area contributed by atoms with Gasteiger partial charge in [-0.1, -0.05) is 12.1 Å². The molecule has 0 spiro atoms. The summed E-state index contributed by atoms with van der Waals surface area (Å²) in [6.07, 6.45) is 0.728. The van der Waals surface area contributed by atoms with Gasteiger partial charge in [-0.3, -0.25) is 9.59 Å². The lowest BCUT2D eigenvalue weighted by molar-refractivity contribution is -0.141. The van der Waals surface area contributed by atoms with Gasteiger partial charge in [0.2, 0.25) is 5.91 Å². The van der Waals surface area contributed by atoms with E-state index in [9.17, 15) is 14.4 Å². The van der Waals surface area contributed by atoms with Crippen LogP contribution in [0.15, 0.2) is 24.3 Å². The number of hydrogen-bond acceptors (Lipinski definition) is 4. The van der Waals surface area contributed by atoms with Gasteiger partial charge < -0.3 is 25.4 Å². The molecule has 25 heavy (non-hydrogen) atoms. The Kier molecular flexibility index (Phi) is 6.62. The van der Waals surface area contributed by atoms with Crippen LogP contribution in [-0.4, -0.2) is 61.2 Å². The number of aliphatic carboxylic acids is 1. The van der Waals surface area contributed by atoms with E-state index in [2.05, 4.69) is 10.6 Å². The lowest BCUT2D eigenvalue weighted by atomic mass is 10.1. The average Bonchev–Trinajstić information content (AvgIpc) is 2.97. The van der Waals surface area contributed by atoms with Crippen molar-refractivity contribution < 1.29 is 24.2 Å². The molecule has 1 aliphatic heterocycles. The average molecular weight is 349 g/mol. The number of methoxy groups -OCH3 is 1. The molecule has 3 N–H and O–H groups in total. The maximum Gasteiger partial charge on any atom is 0.314 e. The van der Waals surface area contributed by atoms with Gasteiger partial charge in [-0.05, 0) is 24.1 Å². The molecular weight excluding hydrogens is 326 g/mol. The predicted octanol–water partition coefficient (Wildman–Crippen LogP) is 0.470. The standard InChI is InChI=1S/C17H23N3O5/c1-25-14-4-2-12(3-5-14)6-7-18-17(24)19-8-9-20-11-13(16(22)23)10-15(20)21/h2-5,13H,6-11H2,1H3,(H,22,23)(H2,18,19,24). The molecule has 1 heterocycles. The van der Waals surface area contributed by atoms with Crippen molar-refractivity contribution in [3.63, 3.8) is 0 Å². The molecule has 0 saturated carbocycles. The molecule has 0 radical (unpaired) electrons. The normalized spacial score (nSPS) is 16.6. The molecule has 1 aliphatic rings. The second-order valence-corrected chi connectivity index (χ2v) is 5.86. The Balaban J connectivity index is 1.61. The number of carbonyl (C=O) groups is 3. The van der Waals surface area contributed by atoms with E-state index in [4.69, 9.17) is 9.84 Å². The quantitative estimate of drug-likeness (QED) is 0.632. The Morgan fingerprint density at radius 2 is 1.92 bits per heavy atom. The molecule has 1 aromatic rings. The molecule has 8 nitrogen and oxygen atoms in total. The van der Waals surface area contributed by atoms with Crippen molar-refractivity contribution >= 4 is 17.9 Å². The fourth-order valence-corrected chi connectivity index (χ4v) is 2.63. The first-order valence-electron chi connectivity index (χ1n) is 8.15. The molecule has 3 amide bonds. The number of hydrogen-bond donors (Lipinski definition) is 3. The summed E-state index contributed by atoms with van der Waals surface area (Å²) in [5.41, 5.74) is 1.09. The third-order valence-corrected chi connectivity index (χ3v) is 4.09. The number of amides is 3. The van der Waals surface area contributed by atoms with E-state index in [1.807, 2.05) is 24.3 Å². The van der Waals surface area contributed by atoms with Crippen LogP contribution >= 0.6 is 0 Å². The number of nitrogens with zero attached hydrogens (tertiary/aromatic N) is 1. The summed E-state index contributed by atoms with van der Waals surface area (Å²) in [7, 11) is 1.61. The molecule has 1 unspecified atom stereocenters. The summed E-state index contributed by atoms with van der Waals surface area (Å²) < 4.78 is 5.09. The summed E-state index contributed by atoms with van der Waals surface area (Å²) in [5.74, 6) is -1.00. The Labute approximate surface area is 146 Å². The Morgan fingerprint density at radius 3 is 2.52 bits per heavy atom. The Morgan fingerprint density at radius 1 is 1.24 bits per heavy atom.